The van der Waals surface area contributed by atoms with Crippen LogP contribution in [0.15, 0.2) is 24.3 Å². The van der Waals surface area contributed by atoms with Crippen molar-refractivity contribution in [2.75, 3.05) is 38.5 Å². The molecule has 0 aliphatic carbocycles. The van der Waals surface area contributed by atoms with Crippen molar-refractivity contribution in [3.63, 3.8) is 0 Å². The maximum absolute atomic E-state index is 12.8. The van der Waals surface area contributed by atoms with E-state index in [0.717, 1.165) is 49.5 Å². The molecule has 1 unspecified atom stereocenters. The maximum atomic E-state index is 12.8. The van der Waals surface area contributed by atoms with E-state index in [4.69, 9.17) is 0 Å². The van der Waals surface area contributed by atoms with E-state index in [0.29, 0.717) is 13.1 Å². The molecule has 5 nitrogen and oxygen atoms in total. The molecule has 2 heterocycles. The first-order chi connectivity index (χ1) is 12.2. The van der Waals surface area contributed by atoms with Crippen molar-refractivity contribution in [2.45, 2.75) is 31.6 Å². The molecule has 2 aliphatic heterocycles. The van der Waals surface area contributed by atoms with Gasteiger partial charge in [0.25, 0.3) is 5.91 Å². The Kier molecular flexibility index (Phi) is 6.37. The molecule has 1 N–H and O–H groups in total. The van der Waals surface area contributed by atoms with E-state index in [2.05, 4.69) is 24.4 Å². The number of thioether (sulfide) groups is 1. The Morgan fingerprint density at radius 3 is 2.80 bits per heavy atom. The first-order valence-electron chi connectivity index (χ1n) is 9.15. The van der Waals surface area contributed by atoms with E-state index in [1.54, 1.807) is 0 Å². The SMILES string of the molecule is CCSCc1ccc(C(=O)N2CCCC(N3CCNCC3=O)C2)cc1. The number of hydrogen-bond donors (Lipinski definition) is 1. The quantitative estimate of drug-likeness (QED) is 0.871. The Labute approximate surface area is 154 Å². The van der Waals surface area contributed by atoms with Crippen LogP contribution in [0.5, 0.6) is 0 Å². The molecule has 25 heavy (non-hydrogen) atoms. The zero-order chi connectivity index (χ0) is 17.6. The van der Waals surface area contributed by atoms with Gasteiger partial charge in [0.2, 0.25) is 5.91 Å². The molecule has 3 rings (SSSR count). The predicted octanol–water partition coefficient (Wildman–Crippen LogP) is 1.98. The second-order valence-electron chi connectivity index (χ2n) is 6.65. The van der Waals surface area contributed by atoms with Crippen LogP contribution in [-0.2, 0) is 10.5 Å². The third kappa shape index (κ3) is 4.55. The molecule has 2 amide bonds. The summed E-state index contributed by atoms with van der Waals surface area (Å²) >= 11 is 1.88. The van der Waals surface area contributed by atoms with Crippen LogP contribution in [-0.4, -0.2) is 66.1 Å². The van der Waals surface area contributed by atoms with Crippen molar-refractivity contribution >= 4 is 23.6 Å². The van der Waals surface area contributed by atoms with Crippen LogP contribution in [0.25, 0.3) is 0 Å². The third-order valence-corrected chi connectivity index (χ3v) is 5.87. The molecular weight excluding hydrogens is 334 g/mol. The summed E-state index contributed by atoms with van der Waals surface area (Å²) in [4.78, 5) is 28.8. The minimum absolute atomic E-state index is 0.0852. The summed E-state index contributed by atoms with van der Waals surface area (Å²) in [5.74, 6) is 2.33. The van der Waals surface area contributed by atoms with Crippen molar-refractivity contribution in [1.29, 1.82) is 0 Å². The summed E-state index contributed by atoms with van der Waals surface area (Å²) in [6, 6.07) is 8.14. The van der Waals surface area contributed by atoms with Crippen molar-refractivity contribution < 1.29 is 9.59 Å². The number of carbonyl (C=O) groups excluding carboxylic acids is 2. The summed E-state index contributed by atoms with van der Waals surface area (Å²) in [6.45, 7) is 5.59. The first-order valence-corrected chi connectivity index (χ1v) is 10.3. The molecule has 2 fully saturated rings. The van der Waals surface area contributed by atoms with Crippen LogP contribution in [0.3, 0.4) is 0 Å². The number of benzene rings is 1. The lowest BCUT2D eigenvalue weighted by Crippen LogP contribution is -2.57. The van der Waals surface area contributed by atoms with Gasteiger partial charge in [-0.15, -0.1) is 0 Å². The highest BCUT2D eigenvalue weighted by Gasteiger charge is 2.31. The largest absolute Gasteiger partial charge is 0.337 e. The van der Waals surface area contributed by atoms with Gasteiger partial charge in [-0.3, -0.25) is 9.59 Å². The van der Waals surface area contributed by atoms with Gasteiger partial charge in [-0.05, 0) is 36.3 Å². The van der Waals surface area contributed by atoms with Gasteiger partial charge in [-0.1, -0.05) is 19.1 Å². The molecule has 1 aromatic rings. The zero-order valence-corrected chi connectivity index (χ0v) is 15.7. The molecule has 0 bridgehead atoms. The average molecular weight is 362 g/mol. The van der Waals surface area contributed by atoms with Crippen LogP contribution in [0, 0.1) is 0 Å². The Morgan fingerprint density at radius 1 is 1.28 bits per heavy atom. The number of nitrogens with zero attached hydrogens (tertiary/aromatic N) is 2. The molecule has 136 valence electrons. The summed E-state index contributed by atoms with van der Waals surface area (Å²) in [6.07, 6.45) is 1.95. The van der Waals surface area contributed by atoms with Crippen molar-refractivity contribution in [3.05, 3.63) is 35.4 Å². The summed E-state index contributed by atoms with van der Waals surface area (Å²) < 4.78 is 0. The van der Waals surface area contributed by atoms with Gasteiger partial charge < -0.3 is 15.1 Å². The summed E-state index contributed by atoms with van der Waals surface area (Å²) in [7, 11) is 0. The Hall–Kier alpha value is -1.53. The lowest BCUT2D eigenvalue weighted by atomic mass is 10.0. The second-order valence-corrected chi connectivity index (χ2v) is 7.92. The van der Waals surface area contributed by atoms with E-state index in [1.807, 2.05) is 33.7 Å². The van der Waals surface area contributed by atoms with Crippen LogP contribution < -0.4 is 5.32 Å². The normalized spacial score (nSPS) is 21.5. The molecule has 2 aliphatic rings. The fourth-order valence-corrected chi connectivity index (χ4v) is 4.18. The third-order valence-electron chi connectivity index (χ3n) is 4.92. The number of rotatable bonds is 5. The number of carbonyl (C=O) groups is 2. The lowest BCUT2D eigenvalue weighted by molar-refractivity contribution is -0.135. The molecule has 0 aromatic heterocycles. The molecule has 0 spiro atoms. The highest BCUT2D eigenvalue weighted by atomic mass is 32.2. The Balaban J connectivity index is 1.62. The van der Waals surface area contributed by atoms with Gasteiger partial charge in [0.15, 0.2) is 0 Å². The van der Waals surface area contributed by atoms with Crippen molar-refractivity contribution in [3.8, 4) is 0 Å². The molecule has 2 saturated heterocycles. The molecule has 0 saturated carbocycles. The number of nitrogens with one attached hydrogen (secondary N) is 1. The second kappa shape index (κ2) is 8.72. The van der Waals surface area contributed by atoms with Crippen LogP contribution in [0.2, 0.25) is 0 Å². The van der Waals surface area contributed by atoms with Gasteiger partial charge in [-0.25, -0.2) is 0 Å². The van der Waals surface area contributed by atoms with E-state index in [9.17, 15) is 9.59 Å². The van der Waals surface area contributed by atoms with Gasteiger partial charge >= 0.3 is 0 Å². The molecule has 6 heteroatoms. The zero-order valence-electron chi connectivity index (χ0n) is 14.9. The van der Waals surface area contributed by atoms with Gasteiger partial charge in [0, 0.05) is 43.5 Å². The Bertz CT molecular complexity index is 605. The summed E-state index contributed by atoms with van der Waals surface area (Å²) in [5, 5.41) is 3.11. The Morgan fingerprint density at radius 2 is 2.08 bits per heavy atom. The van der Waals surface area contributed by atoms with E-state index >= 15 is 0 Å². The molecule has 1 aromatic carbocycles. The van der Waals surface area contributed by atoms with Gasteiger partial charge in [-0.2, -0.15) is 11.8 Å². The van der Waals surface area contributed by atoms with Gasteiger partial charge in [0.1, 0.15) is 0 Å². The highest BCUT2D eigenvalue weighted by molar-refractivity contribution is 7.98. The van der Waals surface area contributed by atoms with E-state index in [-0.39, 0.29) is 17.9 Å². The lowest BCUT2D eigenvalue weighted by Gasteiger charge is -2.41. The standard InChI is InChI=1S/C19H27N3O2S/c1-2-25-14-15-5-7-16(8-6-15)19(24)21-10-3-4-17(13-21)22-11-9-20-12-18(22)23/h5-8,17,20H,2-4,9-14H2,1H3. The van der Waals surface area contributed by atoms with Crippen molar-refractivity contribution in [1.82, 2.24) is 15.1 Å². The average Bonchev–Trinajstić information content (AvgIpc) is 2.67. The fourth-order valence-electron chi connectivity index (χ4n) is 3.55. The number of amides is 2. The van der Waals surface area contributed by atoms with Crippen LogP contribution in [0.4, 0.5) is 0 Å². The van der Waals surface area contributed by atoms with E-state index in [1.165, 1.54) is 5.56 Å². The van der Waals surface area contributed by atoms with Crippen LogP contribution >= 0.6 is 11.8 Å². The van der Waals surface area contributed by atoms with Gasteiger partial charge in [0.05, 0.1) is 6.54 Å². The smallest absolute Gasteiger partial charge is 0.253 e. The summed E-state index contributed by atoms with van der Waals surface area (Å²) in [5.41, 5.74) is 2.00. The molecule has 0 radical (unpaired) electrons. The minimum atomic E-state index is 0.0852. The van der Waals surface area contributed by atoms with E-state index < -0.39 is 0 Å². The number of likely N-dealkylation sites (tertiary alicyclic amines) is 1. The first kappa shape index (κ1) is 18.3. The fraction of sp³-hybridized carbons (Fsp3) is 0.579. The minimum Gasteiger partial charge on any atom is -0.337 e. The van der Waals surface area contributed by atoms with Crippen LogP contribution in [0.1, 0.15) is 35.7 Å². The number of hydrogen-bond acceptors (Lipinski definition) is 4. The molecule has 1 atom stereocenters. The maximum Gasteiger partial charge on any atom is 0.253 e. The highest BCUT2D eigenvalue weighted by Crippen LogP contribution is 2.20. The van der Waals surface area contributed by atoms with Crippen molar-refractivity contribution in [2.24, 2.45) is 0 Å². The molecular formula is C19H27N3O2S. The topological polar surface area (TPSA) is 52.7 Å². The monoisotopic (exact) mass is 361 g/mol. The predicted molar refractivity (Wildman–Crippen MR) is 102 cm³/mol. The number of piperazine rings is 1. The number of piperidine rings is 1.